The van der Waals surface area contributed by atoms with Crippen molar-refractivity contribution in [2.45, 2.75) is 12.5 Å². The van der Waals surface area contributed by atoms with Gasteiger partial charge < -0.3 is 10.8 Å². The SMILES string of the molecule is NCC(O)Cc1cc(F)ccc1[N+](=O)[O-]. The summed E-state index contributed by atoms with van der Waals surface area (Å²) in [6.07, 6.45) is -0.921. The molecule has 0 spiro atoms. The molecule has 1 atom stereocenters. The van der Waals surface area contributed by atoms with Crippen LogP contribution < -0.4 is 5.73 Å². The number of nitro groups is 1. The highest BCUT2D eigenvalue weighted by atomic mass is 19.1. The zero-order valence-corrected chi connectivity index (χ0v) is 7.89. The van der Waals surface area contributed by atoms with Gasteiger partial charge in [0.05, 0.1) is 11.0 Å². The first-order valence-corrected chi connectivity index (χ1v) is 4.35. The third kappa shape index (κ3) is 2.97. The fourth-order valence-corrected chi connectivity index (χ4v) is 1.23. The predicted octanol–water partition coefficient (Wildman–Crippen LogP) is 0.596. The molecule has 6 heteroatoms. The zero-order valence-electron chi connectivity index (χ0n) is 7.89. The smallest absolute Gasteiger partial charge is 0.272 e. The molecule has 0 amide bonds. The van der Waals surface area contributed by atoms with Crippen molar-refractivity contribution in [3.63, 3.8) is 0 Å². The highest BCUT2D eigenvalue weighted by Gasteiger charge is 2.16. The number of aliphatic hydroxyl groups excluding tert-OH is 1. The van der Waals surface area contributed by atoms with Gasteiger partial charge in [-0.25, -0.2) is 4.39 Å². The van der Waals surface area contributed by atoms with Crippen LogP contribution in [0.25, 0.3) is 0 Å². The molecule has 1 rings (SSSR count). The molecule has 1 unspecified atom stereocenters. The average molecular weight is 214 g/mol. The van der Waals surface area contributed by atoms with Crippen LogP contribution in [-0.2, 0) is 6.42 Å². The zero-order chi connectivity index (χ0) is 11.4. The van der Waals surface area contributed by atoms with E-state index in [1.165, 1.54) is 0 Å². The lowest BCUT2D eigenvalue weighted by Gasteiger charge is -2.07. The van der Waals surface area contributed by atoms with E-state index in [0.717, 1.165) is 18.2 Å². The summed E-state index contributed by atoms with van der Waals surface area (Å²) >= 11 is 0. The van der Waals surface area contributed by atoms with Crippen LogP contribution >= 0.6 is 0 Å². The van der Waals surface area contributed by atoms with Gasteiger partial charge in [-0.2, -0.15) is 0 Å². The van der Waals surface area contributed by atoms with E-state index in [-0.39, 0.29) is 24.2 Å². The number of rotatable bonds is 4. The van der Waals surface area contributed by atoms with E-state index in [2.05, 4.69) is 0 Å². The molecule has 1 aromatic rings. The minimum absolute atomic E-state index is 0.0202. The van der Waals surface area contributed by atoms with Gasteiger partial charge in [-0.05, 0) is 12.1 Å². The van der Waals surface area contributed by atoms with Crippen LogP contribution in [0.4, 0.5) is 10.1 Å². The van der Waals surface area contributed by atoms with Crippen molar-refractivity contribution in [1.82, 2.24) is 0 Å². The Kier molecular flexibility index (Phi) is 3.70. The molecule has 0 saturated carbocycles. The van der Waals surface area contributed by atoms with Crippen molar-refractivity contribution in [3.05, 3.63) is 39.7 Å². The largest absolute Gasteiger partial charge is 0.391 e. The standard InChI is InChI=1S/C9H11FN2O3/c10-7-1-2-9(12(14)15)6(3-7)4-8(13)5-11/h1-3,8,13H,4-5,11H2. The van der Waals surface area contributed by atoms with E-state index in [9.17, 15) is 19.6 Å². The minimum atomic E-state index is -0.898. The predicted molar refractivity (Wildman–Crippen MR) is 51.8 cm³/mol. The first-order valence-electron chi connectivity index (χ1n) is 4.35. The molecule has 0 aromatic heterocycles. The van der Waals surface area contributed by atoms with Gasteiger partial charge in [-0.15, -0.1) is 0 Å². The Bertz CT molecular complexity index is 370. The van der Waals surface area contributed by atoms with Gasteiger partial charge in [0, 0.05) is 24.6 Å². The topological polar surface area (TPSA) is 89.4 Å². The van der Waals surface area contributed by atoms with E-state index in [1.54, 1.807) is 0 Å². The second kappa shape index (κ2) is 4.81. The molecule has 0 heterocycles. The van der Waals surface area contributed by atoms with Crippen LogP contribution in [0, 0.1) is 15.9 Å². The number of nitro benzene ring substituents is 1. The van der Waals surface area contributed by atoms with Crippen LogP contribution in [0.3, 0.4) is 0 Å². The van der Waals surface area contributed by atoms with Crippen molar-refractivity contribution in [2.75, 3.05) is 6.54 Å². The number of benzene rings is 1. The maximum absolute atomic E-state index is 12.8. The number of aliphatic hydroxyl groups is 1. The lowest BCUT2D eigenvalue weighted by atomic mass is 10.1. The summed E-state index contributed by atoms with van der Waals surface area (Å²) < 4.78 is 12.8. The molecule has 0 fully saturated rings. The maximum atomic E-state index is 12.8. The van der Waals surface area contributed by atoms with Crippen LogP contribution in [0.1, 0.15) is 5.56 Å². The van der Waals surface area contributed by atoms with E-state index in [1.807, 2.05) is 0 Å². The fraction of sp³-hybridized carbons (Fsp3) is 0.333. The Morgan fingerprint density at radius 1 is 1.60 bits per heavy atom. The lowest BCUT2D eigenvalue weighted by Crippen LogP contribution is -2.22. The summed E-state index contributed by atoms with van der Waals surface area (Å²) in [6, 6.07) is 3.13. The summed E-state index contributed by atoms with van der Waals surface area (Å²) in [5.74, 6) is -0.570. The molecular weight excluding hydrogens is 203 g/mol. The van der Waals surface area contributed by atoms with Crippen molar-refractivity contribution in [3.8, 4) is 0 Å². The van der Waals surface area contributed by atoms with Gasteiger partial charge in [-0.1, -0.05) is 0 Å². The van der Waals surface area contributed by atoms with Gasteiger partial charge in [0.2, 0.25) is 0 Å². The number of nitrogens with two attached hydrogens (primary N) is 1. The molecule has 1 aromatic carbocycles. The number of hydrogen-bond donors (Lipinski definition) is 2. The molecule has 82 valence electrons. The Labute approximate surface area is 85.5 Å². The van der Waals surface area contributed by atoms with Crippen LogP contribution in [0.5, 0.6) is 0 Å². The summed E-state index contributed by atoms with van der Waals surface area (Å²) in [6.45, 7) is -0.0202. The molecule has 0 aliphatic heterocycles. The minimum Gasteiger partial charge on any atom is -0.391 e. The monoisotopic (exact) mass is 214 g/mol. The third-order valence-corrected chi connectivity index (χ3v) is 1.97. The molecule has 5 nitrogen and oxygen atoms in total. The Morgan fingerprint density at radius 3 is 2.80 bits per heavy atom. The molecule has 0 aliphatic carbocycles. The summed E-state index contributed by atoms with van der Waals surface area (Å²) in [5, 5.41) is 19.8. The van der Waals surface area contributed by atoms with E-state index in [0.29, 0.717) is 0 Å². The second-order valence-corrected chi connectivity index (χ2v) is 3.12. The lowest BCUT2D eigenvalue weighted by molar-refractivity contribution is -0.385. The molecule has 3 N–H and O–H groups in total. The van der Waals surface area contributed by atoms with Gasteiger partial charge in [0.25, 0.3) is 5.69 Å². The van der Waals surface area contributed by atoms with Gasteiger partial charge in [0.1, 0.15) is 5.82 Å². The molecule has 0 radical (unpaired) electrons. The first kappa shape index (κ1) is 11.5. The fourth-order valence-electron chi connectivity index (χ4n) is 1.23. The quantitative estimate of drug-likeness (QED) is 0.567. The number of nitrogens with zero attached hydrogens (tertiary/aromatic N) is 1. The molecular formula is C9H11FN2O3. The van der Waals surface area contributed by atoms with Crippen LogP contribution in [0.2, 0.25) is 0 Å². The third-order valence-electron chi connectivity index (χ3n) is 1.97. The summed E-state index contributed by atoms with van der Waals surface area (Å²) in [4.78, 5) is 9.96. The summed E-state index contributed by atoms with van der Waals surface area (Å²) in [5.41, 5.74) is 5.12. The van der Waals surface area contributed by atoms with E-state index < -0.39 is 16.8 Å². The number of hydrogen-bond acceptors (Lipinski definition) is 4. The van der Waals surface area contributed by atoms with Crippen molar-refractivity contribution >= 4 is 5.69 Å². The normalized spacial score (nSPS) is 12.5. The van der Waals surface area contributed by atoms with Gasteiger partial charge >= 0.3 is 0 Å². The van der Waals surface area contributed by atoms with Gasteiger partial charge in [0.15, 0.2) is 0 Å². The number of halogens is 1. The summed E-state index contributed by atoms with van der Waals surface area (Å²) in [7, 11) is 0. The molecule has 15 heavy (non-hydrogen) atoms. The van der Waals surface area contributed by atoms with Crippen LogP contribution in [-0.4, -0.2) is 22.7 Å². The average Bonchev–Trinajstić information content (AvgIpc) is 2.17. The van der Waals surface area contributed by atoms with Crippen molar-refractivity contribution in [2.24, 2.45) is 5.73 Å². The molecule has 0 saturated heterocycles. The Hall–Kier alpha value is -1.53. The maximum Gasteiger partial charge on any atom is 0.272 e. The highest BCUT2D eigenvalue weighted by Crippen LogP contribution is 2.20. The second-order valence-electron chi connectivity index (χ2n) is 3.12. The van der Waals surface area contributed by atoms with Gasteiger partial charge in [-0.3, -0.25) is 10.1 Å². The first-order chi connectivity index (χ1) is 7.04. The van der Waals surface area contributed by atoms with E-state index in [4.69, 9.17) is 5.73 Å². The highest BCUT2D eigenvalue weighted by molar-refractivity contribution is 5.40. The molecule has 0 aliphatic rings. The van der Waals surface area contributed by atoms with Crippen LogP contribution in [0.15, 0.2) is 18.2 Å². The van der Waals surface area contributed by atoms with Crippen molar-refractivity contribution in [1.29, 1.82) is 0 Å². The molecule has 0 bridgehead atoms. The van der Waals surface area contributed by atoms with Crippen molar-refractivity contribution < 1.29 is 14.4 Å². The Balaban J connectivity index is 3.02. The van der Waals surface area contributed by atoms with E-state index >= 15 is 0 Å². The Morgan fingerprint density at radius 2 is 2.27 bits per heavy atom.